The van der Waals surface area contributed by atoms with Crippen LogP contribution in [0.1, 0.15) is 10.5 Å². The lowest BCUT2D eigenvalue weighted by atomic mass is 10.2. The van der Waals surface area contributed by atoms with Crippen molar-refractivity contribution in [2.75, 3.05) is 11.1 Å². The van der Waals surface area contributed by atoms with E-state index < -0.39 is 0 Å². The van der Waals surface area contributed by atoms with Crippen LogP contribution < -0.4 is 11.1 Å². The van der Waals surface area contributed by atoms with Crippen LogP contribution in [0, 0.1) is 0 Å². The summed E-state index contributed by atoms with van der Waals surface area (Å²) in [5.41, 5.74) is 8.03. The Morgan fingerprint density at radius 1 is 1.38 bits per heavy atom. The van der Waals surface area contributed by atoms with Crippen molar-refractivity contribution < 1.29 is 4.79 Å². The molecule has 0 atom stereocenters. The Morgan fingerprint density at radius 2 is 2.19 bits per heavy atom. The molecule has 0 aliphatic heterocycles. The minimum atomic E-state index is -0.313. The lowest BCUT2D eigenvalue weighted by molar-refractivity contribution is 0.102. The number of hydrogen-bond acceptors (Lipinski definition) is 3. The minimum Gasteiger partial charge on any atom is -0.397 e. The number of hydrogen-bond donors (Lipinski definition) is 3. The number of H-pyrrole nitrogens is 1. The fourth-order valence-electron chi connectivity index (χ4n) is 2.00. The van der Waals surface area contributed by atoms with Gasteiger partial charge < -0.3 is 16.0 Å². The van der Waals surface area contributed by atoms with Crippen molar-refractivity contribution in [1.29, 1.82) is 0 Å². The average molecular weight is 366 g/mol. The van der Waals surface area contributed by atoms with Crippen LogP contribution in [0.2, 0.25) is 5.15 Å². The van der Waals surface area contributed by atoms with Crippen molar-refractivity contribution in [2.24, 2.45) is 0 Å². The van der Waals surface area contributed by atoms with Gasteiger partial charge in [0.25, 0.3) is 5.91 Å². The molecule has 7 heteroatoms. The summed E-state index contributed by atoms with van der Waals surface area (Å²) in [5.74, 6) is -0.313. The van der Waals surface area contributed by atoms with E-state index in [1.54, 1.807) is 24.4 Å². The standard InChI is InChI=1S/C14H10BrClN4O/c15-8-5-10(13(16)18-6-8)20-14(21)11-4-7-2-1-3-9(17)12(7)19-11/h1-6,19H,17H2,(H,20,21). The van der Waals surface area contributed by atoms with Crippen LogP contribution in [0.5, 0.6) is 0 Å². The van der Waals surface area contributed by atoms with Crippen molar-refractivity contribution in [2.45, 2.75) is 0 Å². The topological polar surface area (TPSA) is 83.8 Å². The Labute approximate surface area is 133 Å². The highest BCUT2D eigenvalue weighted by molar-refractivity contribution is 9.10. The van der Waals surface area contributed by atoms with E-state index in [1.165, 1.54) is 0 Å². The van der Waals surface area contributed by atoms with E-state index >= 15 is 0 Å². The third-order valence-corrected chi connectivity index (χ3v) is 3.72. The fraction of sp³-hybridized carbons (Fsp3) is 0. The first-order valence-corrected chi connectivity index (χ1v) is 7.21. The molecule has 3 rings (SSSR count). The molecule has 4 N–H and O–H groups in total. The summed E-state index contributed by atoms with van der Waals surface area (Å²) in [4.78, 5) is 19.2. The number of aromatic nitrogens is 2. The van der Waals surface area contributed by atoms with Crippen LogP contribution in [0.15, 0.2) is 41.0 Å². The molecule has 3 aromatic rings. The van der Waals surface area contributed by atoms with Gasteiger partial charge in [-0.15, -0.1) is 0 Å². The lowest BCUT2D eigenvalue weighted by Gasteiger charge is -2.05. The molecule has 0 fully saturated rings. The maximum atomic E-state index is 12.3. The summed E-state index contributed by atoms with van der Waals surface area (Å²) >= 11 is 9.24. The van der Waals surface area contributed by atoms with E-state index in [1.807, 2.05) is 12.1 Å². The molecule has 0 bridgehead atoms. The molecule has 0 saturated carbocycles. The number of nitrogens with zero attached hydrogens (tertiary/aromatic N) is 1. The number of rotatable bonds is 2. The summed E-state index contributed by atoms with van der Waals surface area (Å²) < 4.78 is 0.725. The maximum Gasteiger partial charge on any atom is 0.272 e. The zero-order valence-electron chi connectivity index (χ0n) is 10.7. The average Bonchev–Trinajstić information content (AvgIpc) is 2.88. The molecule has 0 unspecified atom stereocenters. The second-order valence-electron chi connectivity index (χ2n) is 4.44. The Hall–Kier alpha value is -2.05. The second kappa shape index (κ2) is 5.38. The van der Waals surface area contributed by atoms with Gasteiger partial charge in [-0.05, 0) is 34.1 Å². The van der Waals surface area contributed by atoms with E-state index in [0.717, 1.165) is 15.4 Å². The van der Waals surface area contributed by atoms with Crippen LogP contribution in [-0.4, -0.2) is 15.9 Å². The second-order valence-corrected chi connectivity index (χ2v) is 5.71. The number of anilines is 2. The largest absolute Gasteiger partial charge is 0.397 e. The minimum absolute atomic E-state index is 0.224. The van der Waals surface area contributed by atoms with Gasteiger partial charge in [-0.3, -0.25) is 4.79 Å². The first-order valence-electron chi connectivity index (χ1n) is 6.04. The monoisotopic (exact) mass is 364 g/mol. The Morgan fingerprint density at radius 3 is 2.95 bits per heavy atom. The number of fused-ring (bicyclic) bond motifs is 1. The van der Waals surface area contributed by atoms with Crippen LogP contribution in [0.25, 0.3) is 10.9 Å². The smallest absolute Gasteiger partial charge is 0.272 e. The van der Waals surface area contributed by atoms with Gasteiger partial charge in [-0.25, -0.2) is 4.98 Å². The van der Waals surface area contributed by atoms with E-state index in [0.29, 0.717) is 17.1 Å². The van der Waals surface area contributed by atoms with Crippen molar-refractivity contribution >= 4 is 55.7 Å². The Balaban J connectivity index is 1.93. The van der Waals surface area contributed by atoms with Crippen molar-refractivity contribution in [3.8, 4) is 0 Å². The molecule has 0 saturated heterocycles. The first kappa shape index (κ1) is 13.9. The number of aromatic amines is 1. The SMILES string of the molecule is Nc1cccc2cc(C(=O)Nc3cc(Br)cnc3Cl)[nH]c12. The van der Waals surface area contributed by atoms with E-state index in [-0.39, 0.29) is 11.1 Å². The van der Waals surface area contributed by atoms with Crippen LogP contribution >= 0.6 is 27.5 Å². The number of benzene rings is 1. The van der Waals surface area contributed by atoms with Gasteiger partial charge in [0.1, 0.15) is 5.69 Å². The maximum absolute atomic E-state index is 12.3. The van der Waals surface area contributed by atoms with E-state index in [4.69, 9.17) is 17.3 Å². The first-order chi connectivity index (χ1) is 10.0. The number of nitrogens with two attached hydrogens (primary N) is 1. The Kier molecular flexibility index (Phi) is 3.57. The highest BCUT2D eigenvalue weighted by atomic mass is 79.9. The van der Waals surface area contributed by atoms with Gasteiger partial charge >= 0.3 is 0 Å². The quantitative estimate of drug-likeness (QED) is 0.477. The van der Waals surface area contributed by atoms with Gasteiger partial charge in [0.05, 0.1) is 16.9 Å². The molecule has 0 spiro atoms. The zero-order chi connectivity index (χ0) is 15.0. The highest BCUT2D eigenvalue weighted by Gasteiger charge is 2.13. The molecule has 2 aromatic heterocycles. The van der Waals surface area contributed by atoms with Gasteiger partial charge in [0.2, 0.25) is 0 Å². The van der Waals surface area contributed by atoms with Crippen LogP contribution in [-0.2, 0) is 0 Å². The fourth-order valence-corrected chi connectivity index (χ4v) is 2.48. The van der Waals surface area contributed by atoms with Crippen molar-refractivity contribution in [1.82, 2.24) is 9.97 Å². The zero-order valence-corrected chi connectivity index (χ0v) is 13.0. The Bertz CT molecular complexity index is 846. The van der Waals surface area contributed by atoms with Crippen LogP contribution in [0.3, 0.4) is 0 Å². The van der Waals surface area contributed by atoms with E-state index in [2.05, 4.69) is 31.2 Å². The molecule has 0 aliphatic rings. The number of nitrogen functional groups attached to an aromatic ring is 1. The summed E-state index contributed by atoms with van der Waals surface area (Å²) in [6, 6.07) is 8.91. The molecule has 21 heavy (non-hydrogen) atoms. The number of carbonyl (C=O) groups is 1. The van der Waals surface area contributed by atoms with Gasteiger partial charge in [-0.1, -0.05) is 23.7 Å². The summed E-state index contributed by atoms with van der Waals surface area (Å²) in [7, 11) is 0. The number of halogens is 2. The predicted octanol–water partition coefficient (Wildman–Crippen LogP) is 3.81. The number of amides is 1. The number of para-hydroxylation sites is 1. The van der Waals surface area contributed by atoms with E-state index in [9.17, 15) is 4.79 Å². The molecule has 0 aliphatic carbocycles. The molecular weight excluding hydrogens is 356 g/mol. The molecule has 5 nitrogen and oxygen atoms in total. The summed E-state index contributed by atoms with van der Waals surface area (Å²) in [6.45, 7) is 0. The molecular formula is C14H10BrClN4O. The lowest BCUT2D eigenvalue weighted by Crippen LogP contribution is -2.12. The van der Waals surface area contributed by atoms with Gasteiger partial charge in [-0.2, -0.15) is 0 Å². The van der Waals surface area contributed by atoms with Crippen LogP contribution in [0.4, 0.5) is 11.4 Å². The molecule has 0 radical (unpaired) electrons. The third-order valence-electron chi connectivity index (χ3n) is 2.99. The van der Waals surface area contributed by atoms with Crippen molar-refractivity contribution in [3.05, 3.63) is 51.8 Å². The summed E-state index contributed by atoms with van der Waals surface area (Å²) in [5, 5.41) is 3.81. The predicted molar refractivity (Wildman–Crippen MR) is 87.6 cm³/mol. The van der Waals surface area contributed by atoms with Crippen molar-refractivity contribution in [3.63, 3.8) is 0 Å². The number of pyridine rings is 1. The molecule has 106 valence electrons. The third kappa shape index (κ3) is 2.72. The molecule has 1 aromatic carbocycles. The summed E-state index contributed by atoms with van der Waals surface area (Å²) in [6.07, 6.45) is 1.56. The molecule has 2 heterocycles. The number of carbonyl (C=O) groups excluding carboxylic acids is 1. The van der Waals surface area contributed by atoms with Gasteiger partial charge in [0, 0.05) is 16.1 Å². The highest BCUT2D eigenvalue weighted by Crippen LogP contribution is 2.25. The molecule has 1 amide bonds. The van der Waals surface area contributed by atoms with Gasteiger partial charge in [0.15, 0.2) is 5.15 Å². The number of nitrogens with one attached hydrogen (secondary N) is 2. The normalized spacial score (nSPS) is 10.8.